The second-order valence-electron chi connectivity index (χ2n) is 6.55. The van der Waals surface area contributed by atoms with E-state index in [1.54, 1.807) is 0 Å². The van der Waals surface area contributed by atoms with Crippen LogP contribution in [0.4, 0.5) is 0 Å². The van der Waals surface area contributed by atoms with E-state index >= 15 is 0 Å². The first kappa shape index (κ1) is 27.7. The molecule has 0 aliphatic heterocycles. The van der Waals surface area contributed by atoms with Gasteiger partial charge in [0.05, 0.1) is 6.61 Å². The van der Waals surface area contributed by atoms with Crippen LogP contribution in [0.15, 0.2) is 0 Å². The summed E-state index contributed by atoms with van der Waals surface area (Å²) in [6, 6.07) is 0. The van der Waals surface area contributed by atoms with Crippen LogP contribution in [0.1, 0.15) is 110 Å². The second kappa shape index (κ2) is 20.7. The van der Waals surface area contributed by atoms with Crippen molar-refractivity contribution in [2.45, 2.75) is 110 Å². The average molecular weight is 490 g/mol. The van der Waals surface area contributed by atoms with E-state index in [1.165, 1.54) is 83.5 Å². The summed E-state index contributed by atoms with van der Waals surface area (Å²) < 4.78 is 33.3. The molecule has 0 radical (unpaired) electrons. The molecule has 0 aromatic carbocycles. The molecule has 4 nitrogen and oxygen atoms in total. The average Bonchev–Trinajstić information content (AvgIpc) is 2.49. The molecular formula is C18H40BaO4S. The minimum absolute atomic E-state index is 0. The first-order valence-electron chi connectivity index (χ1n) is 9.68. The van der Waals surface area contributed by atoms with E-state index in [9.17, 15) is 8.42 Å². The summed E-state index contributed by atoms with van der Waals surface area (Å²) in [5.74, 6) is 0. The predicted molar refractivity (Wildman–Crippen MR) is 106 cm³/mol. The van der Waals surface area contributed by atoms with E-state index in [4.69, 9.17) is 4.55 Å². The Morgan fingerprint density at radius 1 is 0.625 bits per heavy atom. The maximum absolute atomic E-state index is 10.3. The summed E-state index contributed by atoms with van der Waals surface area (Å²) in [5, 5.41) is 0. The third-order valence-electron chi connectivity index (χ3n) is 4.23. The first-order valence-corrected chi connectivity index (χ1v) is 11.0. The molecule has 0 rings (SSSR count). The molecule has 0 unspecified atom stereocenters. The molecule has 0 aliphatic carbocycles. The van der Waals surface area contributed by atoms with E-state index < -0.39 is 10.4 Å². The normalized spacial score (nSPS) is 11.4. The summed E-state index contributed by atoms with van der Waals surface area (Å²) >= 11 is 0. The van der Waals surface area contributed by atoms with E-state index in [2.05, 4.69) is 11.1 Å². The molecule has 0 saturated heterocycles. The van der Waals surface area contributed by atoms with Crippen molar-refractivity contribution in [3.63, 3.8) is 0 Å². The van der Waals surface area contributed by atoms with E-state index in [1.807, 2.05) is 0 Å². The molecule has 0 heterocycles. The Morgan fingerprint density at radius 2 is 0.917 bits per heavy atom. The molecule has 24 heavy (non-hydrogen) atoms. The molecule has 0 aromatic rings. The quantitative estimate of drug-likeness (QED) is 0.164. The molecular weight excluding hydrogens is 450 g/mol. The van der Waals surface area contributed by atoms with Crippen LogP contribution in [0.2, 0.25) is 0 Å². The number of unbranched alkanes of at least 4 members (excludes halogenated alkanes) is 15. The van der Waals surface area contributed by atoms with Gasteiger partial charge in [-0.25, -0.2) is 4.18 Å². The topological polar surface area (TPSA) is 63.6 Å². The summed E-state index contributed by atoms with van der Waals surface area (Å²) in [5.41, 5.74) is 0. The Bertz CT molecular complexity index is 334. The fourth-order valence-corrected chi connectivity index (χ4v) is 3.14. The van der Waals surface area contributed by atoms with Crippen molar-refractivity contribution >= 4 is 59.3 Å². The molecule has 0 amide bonds. The molecule has 144 valence electrons. The second-order valence-corrected chi connectivity index (χ2v) is 7.64. The van der Waals surface area contributed by atoms with Crippen molar-refractivity contribution in [1.82, 2.24) is 0 Å². The third-order valence-corrected chi connectivity index (χ3v) is 4.69. The van der Waals surface area contributed by atoms with Gasteiger partial charge >= 0.3 is 59.3 Å². The van der Waals surface area contributed by atoms with Crippen LogP contribution in [0.3, 0.4) is 0 Å². The molecule has 1 N–H and O–H groups in total. The molecule has 0 fully saturated rings. The summed E-state index contributed by atoms with van der Waals surface area (Å²) in [6.07, 6.45) is 20.5. The zero-order chi connectivity index (χ0) is 17.2. The van der Waals surface area contributed by atoms with E-state index in [0.717, 1.165) is 12.8 Å². The van der Waals surface area contributed by atoms with Crippen molar-refractivity contribution in [2.75, 3.05) is 6.61 Å². The molecule has 0 aliphatic rings. The predicted octanol–water partition coefficient (Wildman–Crippen LogP) is 5.15. The zero-order valence-electron chi connectivity index (χ0n) is 15.1. The first-order chi connectivity index (χ1) is 11.1. The number of hydrogen-bond donors (Lipinski definition) is 1. The van der Waals surface area contributed by atoms with Gasteiger partial charge in [-0.3, -0.25) is 4.55 Å². The van der Waals surface area contributed by atoms with Crippen LogP contribution in [-0.2, 0) is 14.6 Å². The summed E-state index contributed by atoms with van der Waals surface area (Å²) in [6.45, 7) is 2.36. The van der Waals surface area contributed by atoms with Gasteiger partial charge in [-0.05, 0) is 6.42 Å². The van der Waals surface area contributed by atoms with Crippen molar-refractivity contribution in [3.05, 3.63) is 0 Å². The van der Waals surface area contributed by atoms with Crippen LogP contribution < -0.4 is 0 Å². The molecule has 0 atom stereocenters. The number of rotatable bonds is 18. The third kappa shape index (κ3) is 25.7. The van der Waals surface area contributed by atoms with E-state index in [-0.39, 0.29) is 55.5 Å². The van der Waals surface area contributed by atoms with Gasteiger partial charge in [0.15, 0.2) is 0 Å². The number of hydrogen-bond acceptors (Lipinski definition) is 3. The van der Waals surface area contributed by atoms with Gasteiger partial charge in [0.25, 0.3) is 0 Å². The van der Waals surface area contributed by atoms with Crippen LogP contribution >= 0.6 is 0 Å². The van der Waals surface area contributed by atoms with Crippen molar-refractivity contribution in [2.24, 2.45) is 0 Å². The molecule has 0 bridgehead atoms. The Balaban J connectivity index is 0. The van der Waals surface area contributed by atoms with Crippen molar-refractivity contribution in [3.8, 4) is 0 Å². The fraction of sp³-hybridized carbons (Fsp3) is 1.00. The van der Waals surface area contributed by atoms with Gasteiger partial charge in [-0.2, -0.15) is 8.42 Å². The van der Waals surface area contributed by atoms with Crippen LogP contribution in [0.25, 0.3) is 0 Å². The Labute approximate surface area is 190 Å². The molecule has 0 aromatic heterocycles. The van der Waals surface area contributed by atoms with Crippen LogP contribution in [0.5, 0.6) is 0 Å². The van der Waals surface area contributed by atoms with Gasteiger partial charge in [0.1, 0.15) is 0 Å². The minimum atomic E-state index is -4.24. The Kier molecular flexibility index (Phi) is 23.9. The van der Waals surface area contributed by atoms with Gasteiger partial charge in [0.2, 0.25) is 0 Å². The maximum atomic E-state index is 10.3. The monoisotopic (exact) mass is 490 g/mol. The van der Waals surface area contributed by atoms with Crippen LogP contribution in [0, 0.1) is 0 Å². The van der Waals surface area contributed by atoms with Gasteiger partial charge in [0, 0.05) is 0 Å². The fourth-order valence-electron chi connectivity index (χ4n) is 2.81. The molecule has 0 spiro atoms. The molecule has 0 saturated carbocycles. The Morgan fingerprint density at radius 3 is 1.21 bits per heavy atom. The zero-order valence-corrected chi connectivity index (χ0v) is 15.9. The summed E-state index contributed by atoms with van der Waals surface area (Å²) in [4.78, 5) is 0. The van der Waals surface area contributed by atoms with Gasteiger partial charge in [-0.1, -0.05) is 103 Å². The van der Waals surface area contributed by atoms with Gasteiger partial charge < -0.3 is 0 Å². The Hall–Kier alpha value is 1.44. The van der Waals surface area contributed by atoms with Crippen LogP contribution in [-0.4, -0.2) is 68.5 Å². The SMILES string of the molecule is CCCCCCCCCCCCCCCCCCOS(=O)(=O)O.[BaH2]. The standard InChI is InChI=1S/C18H38O4S.Ba.2H/c1-2-3-4-5-6-7-8-9-10-11-12-13-14-15-16-17-18-22-23(19,20)21;;;/h2-18H2,1H3,(H,19,20,21);;;. The van der Waals surface area contributed by atoms with E-state index in [0.29, 0.717) is 6.42 Å². The van der Waals surface area contributed by atoms with Crippen molar-refractivity contribution < 1.29 is 17.2 Å². The summed E-state index contributed by atoms with van der Waals surface area (Å²) in [7, 11) is -4.24. The van der Waals surface area contributed by atoms with Gasteiger partial charge in [-0.15, -0.1) is 0 Å². The molecule has 6 heteroatoms. The van der Waals surface area contributed by atoms with Crippen molar-refractivity contribution in [1.29, 1.82) is 0 Å².